The van der Waals surface area contributed by atoms with Gasteiger partial charge in [0.25, 0.3) is 0 Å². The molecule has 2 amide bonds. The molecule has 1 fully saturated rings. The number of carbonyl (C=O) groups is 3. The van der Waals surface area contributed by atoms with Crippen molar-refractivity contribution in [3.63, 3.8) is 0 Å². The number of nitrogens with one attached hydrogen (secondary N) is 2. The lowest BCUT2D eigenvalue weighted by atomic mass is 9.94. The van der Waals surface area contributed by atoms with E-state index in [-0.39, 0.29) is 30.9 Å². The molecule has 2 aliphatic carbocycles. The highest BCUT2D eigenvalue weighted by molar-refractivity contribution is 5.89. The van der Waals surface area contributed by atoms with Crippen molar-refractivity contribution >= 4 is 18.0 Å². The van der Waals surface area contributed by atoms with Gasteiger partial charge in [0.15, 0.2) is 0 Å². The number of benzene rings is 2. The molecule has 4 rings (SSSR count). The third-order valence-electron chi connectivity index (χ3n) is 7.43. The van der Waals surface area contributed by atoms with Crippen LogP contribution in [0.1, 0.15) is 56.6 Å². The van der Waals surface area contributed by atoms with E-state index in [4.69, 9.17) is 4.74 Å². The molecule has 34 heavy (non-hydrogen) atoms. The molecule has 3 atom stereocenters. The van der Waals surface area contributed by atoms with Gasteiger partial charge in [0, 0.05) is 12.5 Å². The highest BCUT2D eigenvalue weighted by atomic mass is 16.5. The summed E-state index contributed by atoms with van der Waals surface area (Å²) >= 11 is 0. The molecule has 0 saturated heterocycles. The summed E-state index contributed by atoms with van der Waals surface area (Å²) in [4.78, 5) is 37.0. The highest BCUT2D eigenvalue weighted by Crippen LogP contribution is 2.44. The molecule has 0 bridgehead atoms. The van der Waals surface area contributed by atoms with Gasteiger partial charge < -0.3 is 20.5 Å². The lowest BCUT2D eigenvalue weighted by molar-refractivity contribution is -0.143. The molecule has 180 valence electrons. The van der Waals surface area contributed by atoms with Gasteiger partial charge in [-0.05, 0) is 54.4 Å². The van der Waals surface area contributed by atoms with E-state index in [9.17, 15) is 19.5 Å². The SMILES string of the molecule is CCC(C)(NC(=O)OCC1c2ccccc2-c2ccccc21)C(=O)NC[C@@H]1CCC[C@@H]1C(=O)O. The Bertz CT molecular complexity index is 1040. The maximum atomic E-state index is 12.9. The van der Waals surface area contributed by atoms with E-state index in [0.29, 0.717) is 12.8 Å². The van der Waals surface area contributed by atoms with Gasteiger partial charge in [-0.2, -0.15) is 0 Å². The first kappa shape index (κ1) is 23.8. The Labute approximate surface area is 199 Å². The van der Waals surface area contributed by atoms with E-state index in [0.717, 1.165) is 35.1 Å². The molecule has 2 aromatic rings. The molecule has 0 spiro atoms. The Morgan fingerprint density at radius 3 is 2.24 bits per heavy atom. The maximum Gasteiger partial charge on any atom is 0.408 e. The molecular formula is C27H32N2O5. The number of rotatable bonds is 8. The summed E-state index contributed by atoms with van der Waals surface area (Å²) < 4.78 is 5.61. The van der Waals surface area contributed by atoms with E-state index in [2.05, 4.69) is 34.9 Å². The van der Waals surface area contributed by atoms with Crippen molar-refractivity contribution in [2.45, 2.75) is 51.0 Å². The third kappa shape index (κ3) is 4.65. The van der Waals surface area contributed by atoms with Crippen LogP contribution >= 0.6 is 0 Å². The zero-order chi connectivity index (χ0) is 24.3. The minimum atomic E-state index is -1.15. The minimum absolute atomic E-state index is 0.0600. The monoisotopic (exact) mass is 464 g/mol. The van der Waals surface area contributed by atoms with Crippen molar-refractivity contribution in [3.8, 4) is 11.1 Å². The summed E-state index contributed by atoms with van der Waals surface area (Å²) in [5, 5.41) is 15.0. The van der Waals surface area contributed by atoms with Crippen LogP contribution in [0, 0.1) is 11.8 Å². The molecule has 1 saturated carbocycles. The van der Waals surface area contributed by atoms with E-state index < -0.39 is 23.5 Å². The molecule has 0 aromatic heterocycles. The van der Waals surface area contributed by atoms with Gasteiger partial charge in [0.2, 0.25) is 5.91 Å². The number of aliphatic carboxylic acids is 1. The van der Waals surface area contributed by atoms with E-state index in [1.165, 1.54) is 0 Å². The fourth-order valence-electron chi connectivity index (χ4n) is 5.19. The summed E-state index contributed by atoms with van der Waals surface area (Å²) in [5.41, 5.74) is 3.39. The van der Waals surface area contributed by atoms with Crippen molar-refractivity contribution in [2.75, 3.05) is 13.2 Å². The fraction of sp³-hybridized carbons (Fsp3) is 0.444. The maximum absolute atomic E-state index is 12.9. The number of carboxylic acid groups (broad SMARTS) is 1. The van der Waals surface area contributed by atoms with Crippen molar-refractivity contribution in [3.05, 3.63) is 59.7 Å². The molecule has 0 aliphatic heterocycles. The van der Waals surface area contributed by atoms with Crippen LogP contribution in [0.15, 0.2) is 48.5 Å². The second kappa shape index (κ2) is 9.87. The quantitative estimate of drug-likeness (QED) is 0.540. The van der Waals surface area contributed by atoms with Crippen LogP contribution in [0.25, 0.3) is 11.1 Å². The summed E-state index contributed by atoms with van der Waals surface area (Å²) in [7, 11) is 0. The van der Waals surface area contributed by atoms with Crippen molar-refractivity contribution < 1.29 is 24.2 Å². The Morgan fingerprint density at radius 1 is 1.03 bits per heavy atom. The van der Waals surface area contributed by atoms with Crippen LogP contribution in [-0.4, -0.2) is 41.8 Å². The topological polar surface area (TPSA) is 105 Å². The van der Waals surface area contributed by atoms with Gasteiger partial charge in [-0.25, -0.2) is 4.79 Å². The van der Waals surface area contributed by atoms with Crippen molar-refractivity contribution in [1.82, 2.24) is 10.6 Å². The van der Waals surface area contributed by atoms with Crippen LogP contribution in [0.4, 0.5) is 4.79 Å². The molecule has 2 aromatic carbocycles. The molecule has 7 nitrogen and oxygen atoms in total. The van der Waals surface area contributed by atoms with Gasteiger partial charge >= 0.3 is 12.1 Å². The number of ether oxygens (including phenoxy) is 1. The Morgan fingerprint density at radius 2 is 1.65 bits per heavy atom. The summed E-state index contributed by atoms with van der Waals surface area (Å²) in [6.45, 7) is 3.94. The Kier molecular flexibility index (Phi) is 6.91. The number of alkyl carbamates (subject to hydrolysis) is 1. The number of fused-ring (bicyclic) bond motifs is 3. The molecule has 0 heterocycles. The zero-order valence-corrected chi connectivity index (χ0v) is 19.7. The molecular weight excluding hydrogens is 432 g/mol. The van der Waals surface area contributed by atoms with Gasteiger partial charge in [-0.1, -0.05) is 61.9 Å². The van der Waals surface area contributed by atoms with Gasteiger partial charge in [0.05, 0.1) is 5.92 Å². The predicted octanol–water partition coefficient (Wildman–Crippen LogP) is 4.31. The summed E-state index contributed by atoms with van der Waals surface area (Å²) in [6.07, 6.45) is 1.99. The second-order valence-electron chi connectivity index (χ2n) is 9.48. The van der Waals surface area contributed by atoms with Crippen LogP contribution in [0.3, 0.4) is 0 Å². The first-order valence-corrected chi connectivity index (χ1v) is 12.0. The third-order valence-corrected chi connectivity index (χ3v) is 7.43. The fourth-order valence-corrected chi connectivity index (χ4v) is 5.19. The van der Waals surface area contributed by atoms with Gasteiger partial charge in [-0.15, -0.1) is 0 Å². The first-order chi connectivity index (χ1) is 16.3. The number of carbonyl (C=O) groups excluding carboxylic acids is 2. The van der Waals surface area contributed by atoms with E-state index in [1.54, 1.807) is 6.92 Å². The van der Waals surface area contributed by atoms with Crippen LogP contribution < -0.4 is 10.6 Å². The first-order valence-electron chi connectivity index (χ1n) is 12.0. The number of hydrogen-bond donors (Lipinski definition) is 3. The molecule has 2 aliphatic rings. The second-order valence-corrected chi connectivity index (χ2v) is 9.48. The lowest BCUT2D eigenvalue weighted by Gasteiger charge is -2.29. The number of carboxylic acids is 1. The van der Waals surface area contributed by atoms with Crippen LogP contribution in [0.2, 0.25) is 0 Å². The number of hydrogen-bond acceptors (Lipinski definition) is 4. The lowest BCUT2D eigenvalue weighted by Crippen LogP contribution is -2.57. The standard InChI is InChI=1S/C27H32N2O5/c1-3-27(2,25(32)28-15-17-9-8-14-18(17)24(30)31)29-26(33)34-16-23-21-12-6-4-10-19(21)20-11-5-7-13-22(20)23/h4-7,10-13,17-18,23H,3,8-9,14-16H2,1-2H3,(H,28,32)(H,29,33)(H,30,31)/t17-,18-,27?/m0/s1. The van der Waals surface area contributed by atoms with E-state index >= 15 is 0 Å². The Balaban J connectivity index is 1.36. The molecule has 1 unspecified atom stereocenters. The molecule has 3 N–H and O–H groups in total. The largest absolute Gasteiger partial charge is 0.481 e. The number of amides is 2. The average Bonchev–Trinajstić information content (AvgIpc) is 3.44. The Hall–Kier alpha value is -3.35. The summed E-state index contributed by atoms with van der Waals surface area (Å²) in [5.74, 6) is -1.72. The van der Waals surface area contributed by atoms with Crippen LogP contribution in [0.5, 0.6) is 0 Å². The zero-order valence-electron chi connectivity index (χ0n) is 19.7. The van der Waals surface area contributed by atoms with Crippen molar-refractivity contribution in [2.24, 2.45) is 11.8 Å². The highest BCUT2D eigenvalue weighted by Gasteiger charge is 2.37. The predicted molar refractivity (Wildman–Crippen MR) is 128 cm³/mol. The average molecular weight is 465 g/mol. The normalized spacial score (nSPS) is 20.6. The van der Waals surface area contributed by atoms with Gasteiger partial charge in [-0.3, -0.25) is 9.59 Å². The molecule has 7 heteroatoms. The van der Waals surface area contributed by atoms with Gasteiger partial charge in [0.1, 0.15) is 12.1 Å². The van der Waals surface area contributed by atoms with Crippen LogP contribution in [-0.2, 0) is 14.3 Å². The smallest absolute Gasteiger partial charge is 0.408 e. The van der Waals surface area contributed by atoms with Crippen molar-refractivity contribution in [1.29, 1.82) is 0 Å². The van der Waals surface area contributed by atoms with E-state index in [1.807, 2.05) is 31.2 Å². The molecule has 0 radical (unpaired) electrons. The summed E-state index contributed by atoms with van der Waals surface area (Å²) in [6, 6.07) is 16.2. The minimum Gasteiger partial charge on any atom is -0.481 e.